The van der Waals surface area contributed by atoms with Crippen LogP contribution in [0.5, 0.6) is 0 Å². The molecule has 2 aromatic rings. The van der Waals surface area contributed by atoms with Gasteiger partial charge >= 0.3 is 6.03 Å². The van der Waals surface area contributed by atoms with Gasteiger partial charge in [0.1, 0.15) is 5.82 Å². The van der Waals surface area contributed by atoms with Gasteiger partial charge in [0.2, 0.25) is 10.0 Å². The fraction of sp³-hybridized carbons (Fsp3) is 0.389. The lowest BCUT2D eigenvalue weighted by Crippen LogP contribution is -2.49. The lowest BCUT2D eigenvalue weighted by atomic mass is 10.1. The Morgan fingerprint density at radius 3 is 2.44 bits per heavy atom. The molecule has 6 nitrogen and oxygen atoms in total. The van der Waals surface area contributed by atoms with Crippen LogP contribution in [-0.2, 0) is 10.0 Å². The molecule has 27 heavy (non-hydrogen) atoms. The van der Waals surface area contributed by atoms with Crippen LogP contribution in [0, 0.1) is 5.82 Å². The van der Waals surface area contributed by atoms with Crippen molar-refractivity contribution in [3.05, 3.63) is 58.0 Å². The minimum absolute atomic E-state index is 0.0831. The van der Waals surface area contributed by atoms with E-state index in [0.29, 0.717) is 25.9 Å². The van der Waals surface area contributed by atoms with Crippen molar-refractivity contribution in [2.45, 2.75) is 24.9 Å². The van der Waals surface area contributed by atoms with Crippen molar-refractivity contribution in [3.8, 4) is 0 Å². The number of piperidine rings is 1. The van der Waals surface area contributed by atoms with Crippen molar-refractivity contribution < 1.29 is 17.6 Å². The van der Waals surface area contributed by atoms with E-state index in [4.69, 9.17) is 0 Å². The van der Waals surface area contributed by atoms with Gasteiger partial charge in [0, 0.05) is 24.0 Å². The number of hydrogen-bond donors (Lipinski definition) is 2. The van der Waals surface area contributed by atoms with Crippen LogP contribution in [0.2, 0.25) is 0 Å². The van der Waals surface area contributed by atoms with Crippen molar-refractivity contribution in [2.24, 2.45) is 0 Å². The normalized spacial score (nSPS) is 17.4. The summed E-state index contributed by atoms with van der Waals surface area (Å²) in [7, 11) is -3.19. The third-order valence-corrected chi connectivity index (χ3v) is 6.80. The maximum atomic E-state index is 13.2. The lowest BCUT2D eigenvalue weighted by molar-refractivity contribution is 0.226. The smallest absolute Gasteiger partial charge is 0.315 e. The van der Waals surface area contributed by atoms with Crippen LogP contribution in [0.1, 0.15) is 29.3 Å². The molecule has 1 atom stereocenters. The van der Waals surface area contributed by atoms with Crippen LogP contribution in [0.4, 0.5) is 9.18 Å². The molecular formula is C18H22FN3O3S2. The molecule has 1 aromatic carbocycles. The molecule has 0 bridgehead atoms. The van der Waals surface area contributed by atoms with E-state index >= 15 is 0 Å². The fourth-order valence-corrected chi connectivity index (χ4v) is 4.80. The van der Waals surface area contributed by atoms with Gasteiger partial charge in [0.25, 0.3) is 0 Å². The van der Waals surface area contributed by atoms with Gasteiger partial charge in [-0.15, -0.1) is 11.3 Å². The highest BCUT2D eigenvalue weighted by atomic mass is 32.2. The molecule has 1 saturated heterocycles. The maximum Gasteiger partial charge on any atom is 0.315 e. The predicted octanol–water partition coefficient (Wildman–Crippen LogP) is 2.70. The zero-order valence-electron chi connectivity index (χ0n) is 14.9. The van der Waals surface area contributed by atoms with Crippen molar-refractivity contribution in [2.75, 3.05) is 19.3 Å². The largest absolute Gasteiger partial charge is 0.335 e. The Bertz CT molecular complexity index is 862. The van der Waals surface area contributed by atoms with E-state index < -0.39 is 10.0 Å². The van der Waals surface area contributed by atoms with Gasteiger partial charge in [-0.1, -0.05) is 18.2 Å². The molecule has 0 saturated carbocycles. The van der Waals surface area contributed by atoms with E-state index in [9.17, 15) is 17.6 Å². The number of sulfonamides is 1. The molecule has 2 amide bonds. The summed E-state index contributed by atoms with van der Waals surface area (Å²) in [4.78, 5) is 13.5. The Morgan fingerprint density at radius 1 is 1.22 bits per heavy atom. The average Bonchev–Trinajstić information content (AvgIpc) is 3.14. The number of benzene rings is 1. The number of hydrogen-bond acceptors (Lipinski definition) is 4. The van der Waals surface area contributed by atoms with Gasteiger partial charge in [-0.25, -0.2) is 21.9 Å². The Labute approximate surface area is 162 Å². The molecule has 1 aliphatic rings. The van der Waals surface area contributed by atoms with Gasteiger partial charge in [-0.3, -0.25) is 0 Å². The highest BCUT2D eigenvalue weighted by Gasteiger charge is 2.26. The number of carbonyl (C=O) groups excluding carboxylic acids is 1. The molecule has 1 aromatic heterocycles. The molecule has 146 valence electrons. The Hall–Kier alpha value is -1.97. The van der Waals surface area contributed by atoms with Gasteiger partial charge in [-0.2, -0.15) is 0 Å². The molecule has 1 aliphatic heterocycles. The van der Waals surface area contributed by atoms with Gasteiger partial charge in [-0.05, 0) is 42.0 Å². The molecule has 2 heterocycles. The summed E-state index contributed by atoms with van der Waals surface area (Å²) < 4.78 is 37.8. The summed E-state index contributed by atoms with van der Waals surface area (Å²) in [6.45, 7) is 0.798. The molecule has 2 N–H and O–H groups in total. The topological polar surface area (TPSA) is 78.5 Å². The van der Waals surface area contributed by atoms with E-state index in [1.54, 1.807) is 12.1 Å². The van der Waals surface area contributed by atoms with Crippen LogP contribution in [0.15, 0.2) is 41.8 Å². The minimum atomic E-state index is -3.19. The summed E-state index contributed by atoms with van der Waals surface area (Å²) in [5.41, 5.74) is 0.792. The molecular weight excluding hydrogens is 389 g/mol. The Kier molecular flexibility index (Phi) is 6.13. The molecule has 0 radical (unpaired) electrons. The summed E-state index contributed by atoms with van der Waals surface area (Å²) >= 11 is 1.51. The van der Waals surface area contributed by atoms with Gasteiger partial charge in [0.15, 0.2) is 0 Å². The second-order valence-corrected chi connectivity index (χ2v) is 9.52. The highest BCUT2D eigenvalue weighted by Crippen LogP contribution is 2.26. The summed E-state index contributed by atoms with van der Waals surface area (Å²) in [6.07, 6.45) is 2.34. The quantitative estimate of drug-likeness (QED) is 0.794. The zero-order valence-corrected chi connectivity index (χ0v) is 16.5. The number of carbonyl (C=O) groups is 1. The number of nitrogens with zero attached hydrogens (tertiary/aromatic N) is 1. The number of rotatable bonds is 5. The first kappa shape index (κ1) is 19.8. The van der Waals surface area contributed by atoms with Crippen molar-refractivity contribution in [1.82, 2.24) is 14.9 Å². The predicted molar refractivity (Wildman–Crippen MR) is 104 cm³/mol. The van der Waals surface area contributed by atoms with Crippen LogP contribution in [-0.4, -0.2) is 44.1 Å². The third kappa shape index (κ3) is 5.27. The van der Waals surface area contributed by atoms with Gasteiger partial charge in [0.05, 0.1) is 12.3 Å². The first-order valence-electron chi connectivity index (χ1n) is 8.64. The Morgan fingerprint density at radius 2 is 1.89 bits per heavy atom. The lowest BCUT2D eigenvalue weighted by Gasteiger charge is -2.31. The molecule has 0 spiro atoms. The summed E-state index contributed by atoms with van der Waals surface area (Å²) in [5, 5.41) is 7.80. The van der Waals surface area contributed by atoms with E-state index in [2.05, 4.69) is 10.6 Å². The summed E-state index contributed by atoms with van der Waals surface area (Å²) in [6, 6.07) is 9.10. The molecule has 0 aliphatic carbocycles. The standard InChI is InChI=1S/C18H22FN3O3S2/c1-27(24,25)22-10-8-15(9-11-22)20-18(23)21-17(16-3-2-12-26-16)13-4-6-14(19)7-5-13/h2-7,12,15,17H,8-11H2,1H3,(H2,20,21,23)/t17-/m1/s1. The second kappa shape index (κ2) is 8.37. The van der Waals surface area contributed by atoms with Crippen LogP contribution >= 0.6 is 11.3 Å². The number of thiophene rings is 1. The van der Waals surface area contributed by atoms with E-state index in [-0.39, 0.29) is 23.9 Å². The minimum Gasteiger partial charge on any atom is -0.335 e. The van der Waals surface area contributed by atoms with Crippen LogP contribution in [0.3, 0.4) is 0 Å². The summed E-state index contributed by atoms with van der Waals surface area (Å²) in [5.74, 6) is -0.328. The van der Waals surface area contributed by atoms with E-state index in [0.717, 1.165) is 10.4 Å². The highest BCUT2D eigenvalue weighted by molar-refractivity contribution is 7.88. The maximum absolute atomic E-state index is 13.2. The molecule has 3 rings (SSSR count). The first-order chi connectivity index (χ1) is 12.8. The van der Waals surface area contributed by atoms with Crippen molar-refractivity contribution in [1.29, 1.82) is 0 Å². The van der Waals surface area contributed by atoms with Crippen molar-refractivity contribution in [3.63, 3.8) is 0 Å². The Balaban J connectivity index is 1.63. The number of amides is 2. The van der Waals surface area contributed by atoms with E-state index in [1.807, 2.05) is 17.5 Å². The fourth-order valence-electron chi connectivity index (χ4n) is 3.12. The number of halogens is 1. The zero-order chi connectivity index (χ0) is 19.4. The van der Waals surface area contributed by atoms with Gasteiger partial charge < -0.3 is 10.6 Å². The van der Waals surface area contributed by atoms with Crippen LogP contribution in [0.25, 0.3) is 0 Å². The molecule has 9 heteroatoms. The first-order valence-corrected chi connectivity index (χ1v) is 11.4. The van der Waals surface area contributed by atoms with Crippen molar-refractivity contribution >= 4 is 27.4 Å². The van der Waals surface area contributed by atoms with E-state index in [1.165, 1.54) is 34.0 Å². The molecule has 1 fully saturated rings. The SMILES string of the molecule is CS(=O)(=O)N1CCC(NC(=O)N[C@H](c2ccc(F)cc2)c2cccs2)CC1. The number of urea groups is 1. The second-order valence-electron chi connectivity index (χ2n) is 6.55. The average molecular weight is 412 g/mol. The monoisotopic (exact) mass is 411 g/mol. The molecule has 0 unspecified atom stereocenters. The number of nitrogens with one attached hydrogen (secondary N) is 2. The third-order valence-electron chi connectivity index (χ3n) is 4.56. The van der Waals surface area contributed by atoms with Crippen LogP contribution < -0.4 is 10.6 Å².